The topological polar surface area (TPSA) is 107 Å². The number of carbonyl (C=O) groups excluding carboxylic acids is 2. The molecular weight excluding hydrogens is 510 g/mol. The number of halogens is 1. The van der Waals surface area contributed by atoms with Gasteiger partial charge in [0, 0.05) is 11.3 Å². The van der Waals surface area contributed by atoms with Crippen molar-refractivity contribution >= 4 is 35.3 Å². The Hall–Kier alpha value is -4.50. The summed E-state index contributed by atoms with van der Waals surface area (Å²) in [4.78, 5) is 24.8. The van der Waals surface area contributed by atoms with Crippen molar-refractivity contribution in [2.24, 2.45) is 5.10 Å². The molecule has 198 valence electrons. The SMILES string of the molecule is C=CCOc1ccc(C(=O)N/N=C/c2cc(Cl)c(OCC(=O)Nc3cccc(C)c3)c(OC)c2)cc1OC. The summed E-state index contributed by atoms with van der Waals surface area (Å²) in [5.74, 6) is 0.604. The van der Waals surface area contributed by atoms with Gasteiger partial charge in [0.1, 0.15) is 6.61 Å². The van der Waals surface area contributed by atoms with Crippen LogP contribution in [0.3, 0.4) is 0 Å². The number of hydrogen-bond donors (Lipinski definition) is 2. The lowest BCUT2D eigenvalue weighted by molar-refractivity contribution is -0.118. The molecule has 0 aliphatic rings. The molecule has 10 heteroatoms. The van der Waals surface area contributed by atoms with Crippen molar-refractivity contribution in [3.63, 3.8) is 0 Å². The van der Waals surface area contributed by atoms with E-state index in [-0.39, 0.29) is 23.3 Å². The largest absolute Gasteiger partial charge is 0.493 e. The van der Waals surface area contributed by atoms with E-state index in [1.807, 2.05) is 25.1 Å². The maximum atomic E-state index is 12.5. The van der Waals surface area contributed by atoms with Crippen LogP contribution in [0.5, 0.6) is 23.0 Å². The molecule has 0 fully saturated rings. The zero-order chi connectivity index (χ0) is 27.5. The molecule has 2 N–H and O–H groups in total. The minimum absolute atomic E-state index is 0.209. The number of benzene rings is 3. The van der Waals surface area contributed by atoms with Crippen LogP contribution in [-0.4, -0.2) is 45.5 Å². The molecule has 0 saturated heterocycles. The lowest BCUT2D eigenvalue weighted by Crippen LogP contribution is -2.20. The molecule has 3 rings (SSSR count). The molecule has 38 heavy (non-hydrogen) atoms. The minimum atomic E-state index is -0.451. The van der Waals surface area contributed by atoms with Crippen LogP contribution in [0.25, 0.3) is 0 Å². The summed E-state index contributed by atoms with van der Waals surface area (Å²) in [7, 11) is 2.93. The predicted molar refractivity (Wildman–Crippen MR) is 147 cm³/mol. The lowest BCUT2D eigenvalue weighted by Gasteiger charge is -2.13. The average Bonchev–Trinajstić information content (AvgIpc) is 2.90. The van der Waals surface area contributed by atoms with Gasteiger partial charge in [-0.2, -0.15) is 5.10 Å². The third-order valence-corrected chi connectivity index (χ3v) is 5.34. The van der Waals surface area contributed by atoms with Crippen molar-refractivity contribution in [2.45, 2.75) is 6.92 Å². The molecule has 0 radical (unpaired) electrons. The molecule has 0 saturated carbocycles. The highest BCUT2D eigenvalue weighted by molar-refractivity contribution is 6.32. The summed E-state index contributed by atoms with van der Waals surface area (Å²) in [6, 6.07) is 15.4. The molecule has 0 unspecified atom stereocenters. The molecule has 0 aliphatic heterocycles. The third-order valence-electron chi connectivity index (χ3n) is 5.06. The Labute approximate surface area is 226 Å². The second-order valence-corrected chi connectivity index (χ2v) is 8.31. The van der Waals surface area contributed by atoms with Gasteiger partial charge in [-0.1, -0.05) is 36.4 Å². The summed E-state index contributed by atoms with van der Waals surface area (Å²) in [6.07, 6.45) is 3.01. The highest BCUT2D eigenvalue weighted by Crippen LogP contribution is 2.36. The molecule has 3 aromatic rings. The second kappa shape index (κ2) is 13.7. The normalized spacial score (nSPS) is 10.5. The fraction of sp³-hybridized carbons (Fsp3) is 0.179. The Bertz CT molecular complexity index is 1340. The smallest absolute Gasteiger partial charge is 0.271 e. The van der Waals surface area contributed by atoms with Gasteiger partial charge in [0.15, 0.2) is 29.6 Å². The van der Waals surface area contributed by atoms with Crippen LogP contribution in [0, 0.1) is 6.92 Å². The molecule has 2 amide bonds. The first-order valence-electron chi connectivity index (χ1n) is 11.5. The van der Waals surface area contributed by atoms with Crippen molar-refractivity contribution < 1.29 is 28.5 Å². The molecule has 0 spiro atoms. The quantitative estimate of drug-likeness (QED) is 0.191. The van der Waals surface area contributed by atoms with Gasteiger partial charge in [-0.3, -0.25) is 9.59 Å². The summed E-state index contributed by atoms with van der Waals surface area (Å²) >= 11 is 6.38. The summed E-state index contributed by atoms with van der Waals surface area (Å²) < 4.78 is 21.8. The fourth-order valence-corrected chi connectivity index (χ4v) is 3.59. The predicted octanol–water partition coefficient (Wildman–Crippen LogP) is 5.01. The third kappa shape index (κ3) is 7.75. The number of nitrogens with zero attached hydrogens (tertiary/aromatic N) is 1. The monoisotopic (exact) mass is 537 g/mol. The average molecular weight is 538 g/mol. The number of carbonyl (C=O) groups is 2. The van der Waals surface area contributed by atoms with Gasteiger partial charge >= 0.3 is 0 Å². The van der Waals surface area contributed by atoms with Crippen molar-refractivity contribution in [1.82, 2.24) is 5.43 Å². The van der Waals surface area contributed by atoms with Gasteiger partial charge < -0.3 is 24.3 Å². The highest BCUT2D eigenvalue weighted by atomic mass is 35.5. The first-order chi connectivity index (χ1) is 18.3. The van der Waals surface area contributed by atoms with E-state index in [0.29, 0.717) is 40.7 Å². The van der Waals surface area contributed by atoms with Crippen molar-refractivity contribution in [2.75, 3.05) is 32.8 Å². The molecule has 0 atom stereocenters. The second-order valence-electron chi connectivity index (χ2n) is 7.90. The van der Waals surface area contributed by atoms with Crippen LogP contribution in [-0.2, 0) is 4.79 Å². The van der Waals surface area contributed by atoms with Crippen LogP contribution >= 0.6 is 11.6 Å². The Kier molecular flexibility index (Phi) is 10.1. The van der Waals surface area contributed by atoms with Gasteiger partial charge in [0.05, 0.1) is 25.5 Å². The first kappa shape index (κ1) is 28.1. The maximum absolute atomic E-state index is 12.5. The molecule has 0 aliphatic carbocycles. The van der Waals surface area contributed by atoms with Crippen molar-refractivity contribution in [1.29, 1.82) is 0 Å². The molecule has 0 bridgehead atoms. The molecular formula is C28H28ClN3O6. The van der Waals surface area contributed by atoms with Gasteiger partial charge in [0.2, 0.25) is 0 Å². The standard InChI is InChI=1S/C28H28ClN3O6/c1-5-11-37-23-10-9-20(15-24(23)35-3)28(34)32-30-16-19-13-22(29)27(25(14-19)36-4)38-17-26(33)31-21-8-6-7-18(2)12-21/h5-10,12-16H,1,11,17H2,2-4H3,(H,31,33)(H,32,34)/b30-16+. The number of ether oxygens (including phenoxy) is 4. The number of hydrogen-bond acceptors (Lipinski definition) is 7. The van der Waals surface area contributed by atoms with Gasteiger partial charge in [-0.25, -0.2) is 5.43 Å². The minimum Gasteiger partial charge on any atom is -0.493 e. The van der Waals surface area contributed by atoms with E-state index in [4.69, 9.17) is 30.5 Å². The maximum Gasteiger partial charge on any atom is 0.271 e. The summed E-state index contributed by atoms with van der Waals surface area (Å²) in [6.45, 7) is 5.58. The zero-order valence-corrected chi connectivity index (χ0v) is 22.0. The Morgan fingerprint density at radius 2 is 1.79 bits per heavy atom. The van der Waals surface area contributed by atoms with E-state index in [0.717, 1.165) is 5.56 Å². The molecule has 0 aromatic heterocycles. The number of hydrazone groups is 1. The van der Waals surface area contributed by atoms with E-state index in [2.05, 4.69) is 22.4 Å². The number of methoxy groups -OCH3 is 2. The van der Waals surface area contributed by atoms with E-state index in [1.165, 1.54) is 20.4 Å². The first-order valence-corrected chi connectivity index (χ1v) is 11.8. The van der Waals surface area contributed by atoms with Crippen molar-refractivity contribution in [3.05, 3.63) is 89.0 Å². The van der Waals surface area contributed by atoms with E-state index in [9.17, 15) is 9.59 Å². The number of aryl methyl sites for hydroxylation is 1. The van der Waals surface area contributed by atoms with Crippen LogP contribution in [0.1, 0.15) is 21.5 Å². The van der Waals surface area contributed by atoms with E-state index < -0.39 is 5.91 Å². The molecule has 0 heterocycles. The molecule has 3 aromatic carbocycles. The summed E-state index contributed by atoms with van der Waals surface area (Å²) in [5.41, 5.74) is 5.00. The number of rotatable bonds is 12. The number of nitrogens with one attached hydrogen (secondary N) is 2. The Morgan fingerprint density at radius 3 is 2.50 bits per heavy atom. The number of anilines is 1. The van der Waals surface area contributed by atoms with Gasteiger partial charge in [-0.15, -0.1) is 0 Å². The lowest BCUT2D eigenvalue weighted by atomic mass is 10.2. The Balaban J connectivity index is 1.63. The fourth-order valence-electron chi connectivity index (χ4n) is 3.32. The van der Waals surface area contributed by atoms with Crippen molar-refractivity contribution in [3.8, 4) is 23.0 Å². The Morgan fingerprint density at radius 1 is 1.00 bits per heavy atom. The molecule has 9 nitrogen and oxygen atoms in total. The van der Waals surface area contributed by atoms with E-state index in [1.54, 1.807) is 42.5 Å². The van der Waals surface area contributed by atoms with Gasteiger partial charge in [-0.05, 0) is 60.5 Å². The summed E-state index contributed by atoms with van der Waals surface area (Å²) in [5, 5.41) is 6.96. The van der Waals surface area contributed by atoms with Crippen LogP contribution in [0.4, 0.5) is 5.69 Å². The van der Waals surface area contributed by atoms with E-state index >= 15 is 0 Å². The van der Waals surface area contributed by atoms with Gasteiger partial charge in [0.25, 0.3) is 11.8 Å². The highest BCUT2D eigenvalue weighted by Gasteiger charge is 2.14. The number of amides is 2. The van der Waals surface area contributed by atoms with Crippen LogP contribution in [0.2, 0.25) is 5.02 Å². The van der Waals surface area contributed by atoms with Crippen LogP contribution < -0.4 is 29.7 Å². The zero-order valence-electron chi connectivity index (χ0n) is 21.2. The van der Waals surface area contributed by atoms with Crippen LogP contribution in [0.15, 0.2) is 72.4 Å².